The molecule has 3 atom stereocenters. The van der Waals surface area contributed by atoms with Gasteiger partial charge in [-0.25, -0.2) is 0 Å². The van der Waals surface area contributed by atoms with Gasteiger partial charge >= 0.3 is 0 Å². The van der Waals surface area contributed by atoms with E-state index in [2.05, 4.69) is 38.3 Å². The number of rotatable bonds is 3. The Kier molecular flexibility index (Phi) is 3.15. The van der Waals surface area contributed by atoms with Gasteiger partial charge in [0.15, 0.2) is 0 Å². The van der Waals surface area contributed by atoms with Crippen molar-refractivity contribution in [2.45, 2.75) is 39.2 Å². The minimum atomic E-state index is 0.524. The SMILES string of the molecule is CNC(c1cc(C)c(Cl)cc1C)C1C2CCCC21. The van der Waals surface area contributed by atoms with E-state index < -0.39 is 0 Å². The number of benzene rings is 1. The molecule has 3 rings (SSSR count). The van der Waals surface area contributed by atoms with Crippen LogP contribution < -0.4 is 5.32 Å². The number of nitrogens with one attached hydrogen (secondary N) is 1. The lowest BCUT2D eigenvalue weighted by atomic mass is 9.92. The van der Waals surface area contributed by atoms with Crippen molar-refractivity contribution in [3.05, 3.63) is 33.8 Å². The fourth-order valence-corrected chi connectivity index (χ4v) is 4.28. The van der Waals surface area contributed by atoms with Crippen molar-refractivity contribution in [3.8, 4) is 0 Å². The lowest BCUT2D eigenvalue weighted by Gasteiger charge is -2.22. The molecule has 2 heteroatoms. The summed E-state index contributed by atoms with van der Waals surface area (Å²) in [5.41, 5.74) is 3.98. The molecule has 0 radical (unpaired) electrons. The maximum Gasteiger partial charge on any atom is 0.0438 e. The van der Waals surface area contributed by atoms with Gasteiger partial charge in [0.2, 0.25) is 0 Å². The van der Waals surface area contributed by atoms with Crippen LogP contribution in [-0.2, 0) is 0 Å². The number of hydrogen-bond donors (Lipinski definition) is 1. The molecule has 0 bridgehead atoms. The molecule has 0 heterocycles. The predicted molar refractivity (Wildman–Crippen MR) is 77.0 cm³/mol. The quantitative estimate of drug-likeness (QED) is 0.859. The van der Waals surface area contributed by atoms with E-state index in [0.717, 1.165) is 22.8 Å². The summed E-state index contributed by atoms with van der Waals surface area (Å²) in [5.74, 6) is 2.83. The predicted octanol–water partition coefficient (Wildman–Crippen LogP) is 4.26. The second-order valence-corrected chi connectivity index (χ2v) is 6.47. The van der Waals surface area contributed by atoms with Crippen molar-refractivity contribution in [2.24, 2.45) is 17.8 Å². The first-order valence-electron chi connectivity index (χ1n) is 7.07. The Morgan fingerprint density at radius 3 is 2.44 bits per heavy atom. The topological polar surface area (TPSA) is 12.0 Å². The highest BCUT2D eigenvalue weighted by molar-refractivity contribution is 6.31. The fourth-order valence-electron chi connectivity index (χ4n) is 4.06. The molecule has 98 valence electrons. The Labute approximate surface area is 115 Å². The molecule has 0 spiro atoms. The van der Waals surface area contributed by atoms with Crippen molar-refractivity contribution in [2.75, 3.05) is 7.05 Å². The molecule has 2 aliphatic carbocycles. The zero-order valence-corrected chi connectivity index (χ0v) is 12.2. The zero-order valence-electron chi connectivity index (χ0n) is 11.5. The van der Waals surface area contributed by atoms with Gasteiger partial charge in [-0.05, 0) is 74.2 Å². The van der Waals surface area contributed by atoms with E-state index in [-0.39, 0.29) is 0 Å². The van der Waals surface area contributed by atoms with Crippen LogP contribution in [0.25, 0.3) is 0 Å². The molecule has 18 heavy (non-hydrogen) atoms. The van der Waals surface area contributed by atoms with Gasteiger partial charge in [0.05, 0.1) is 0 Å². The van der Waals surface area contributed by atoms with Crippen molar-refractivity contribution < 1.29 is 0 Å². The van der Waals surface area contributed by atoms with Crippen molar-refractivity contribution in [3.63, 3.8) is 0 Å². The molecule has 0 saturated heterocycles. The third-order valence-electron chi connectivity index (χ3n) is 5.05. The summed E-state index contributed by atoms with van der Waals surface area (Å²) in [5, 5.41) is 4.44. The van der Waals surface area contributed by atoms with Crippen LogP contribution in [0, 0.1) is 31.6 Å². The van der Waals surface area contributed by atoms with Crippen LogP contribution in [0.2, 0.25) is 5.02 Å². The van der Waals surface area contributed by atoms with Gasteiger partial charge in [-0.2, -0.15) is 0 Å². The molecule has 1 aromatic rings. The van der Waals surface area contributed by atoms with E-state index in [1.165, 1.54) is 36.0 Å². The van der Waals surface area contributed by atoms with Crippen LogP contribution in [0.15, 0.2) is 12.1 Å². The number of halogens is 1. The van der Waals surface area contributed by atoms with E-state index in [0.29, 0.717) is 6.04 Å². The van der Waals surface area contributed by atoms with E-state index in [1.54, 1.807) is 0 Å². The summed E-state index contributed by atoms with van der Waals surface area (Å²) >= 11 is 6.20. The van der Waals surface area contributed by atoms with Crippen LogP contribution in [0.3, 0.4) is 0 Å². The molecular formula is C16H22ClN. The lowest BCUT2D eigenvalue weighted by molar-refractivity contribution is 0.443. The van der Waals surface area contributed by atoms with E-state index >= 15 is 0 Å². The summed E-state index contributed by atoms with van der Waals surface area (Å²) in [7, 11) is 2.10. The Morgan fingerprint density at radius 1 is 1.17 bits per heavy atom. The molecule has 2 aliphatic rings. The number of fused-ring (bicyclic) bond motifs is 1. The van der Waals surface area contributed by atoms with E-state index in [4.69, 9.17) is 11.6 Å². The first kappa shape index (κ1) is 12.5. The monoisotopic (exact) mass is 263 g/mol. The Balaban J connectivity index is 1.90. The van der Waals surface area contributed by atoms with Gasteiger partial charge in [-0.3, -0.25) is 0 Å². The smallest absolute Gasteiger partial charge is 0.0438 e. The highest BCUT2D eigenvalue weighted by Crippen LogP contribution is 2.62. The van der Waals surface area contributed by atoms with Gasteiger partial charge < -0.3 is 5.32 Å². The molecule has 2 saturated carbocycles. The minimum Gasteiger partial charge on any atom is -0.313 e. The van der Waals surface area contributed by atoms with Crippen LogP contribution in [0.4, 0.5) is 0 Å². The van der Waals surface area contributed by atoms with Crippen molar-refractivity contribution >= 4 is 11.6 Å². The number of hydrogen-bond acceptors (Lipinski definition) is 1. The Hall–Kier alpha value is -0.530. The summed E-state index contributed by atoms with van der Waals surface area (Å²) in [6, 6.07) is 4.93. The largest absolute Gasteiger partial charge is 0.313 e. The van der Waals surface area contributed by atoms with E-state index in [9.17, 15) is 0 Å². The van der Waals surface area contributed by atoms with Crippen LogP contribution >= 0.6 is 11.6 Å². The molecule has 1 N–H and O–H groups in total. The van der Waals surface area contributed by atoms with Crippen molar-refractivity contribution in [1.29, 1.82) is 0 Å². The average molecular weight is 264 g/mol. The fraction of sp³-hybridized carbons (Fsp3) is 0.625. The molecule has 3 unspecified atom stereocenters. The third-order valence-corrected chi connectivity index (χ3v) is 5.46. The van der Waals surface area contributed by atoms with Crippen LogP contribution in [0.5, 0.6) is 0 Å². The lowest BCUT2D eigenvalue weighted by Crippen LogP contribution is -2.21. The maximum atomic E-state index is 6.20. The third kappa shape index (κ3) is 1.88. The second-order valence-electron chi connectivity index (χ2n) is 6.06. The van der Waals surface area contributed by atoms with Crippen molar-refractivity contribution in [1.82, 2.24) is 5.32 Å². The summed E-state index contributed by atoms with van der Waals surface area (Å²) < 4.78 is 0. The van der Waals surface area contributed by atoms with Gasteiger partial charge in [-0.1, -0.05) is 24.1 Å². The van der Waals surface area contributed by atoms with Gasteiger partial charge in [0, 0.05) is 11.1 Å². The summed E-state index contributed by atoms with van der Waals surface area (Å²) in [6.45, 7) is 4.29. The maximum absolute atomic E-state index is 6.20. The molecule has 1 nitrogen and oxygen atoms in total. The summed E-state index contributed by atoms with van der Waals surface area (Å²) in [6.07, 6.45) is 4.33. The van der Waals surface area contributed by atoms with E-state index in [1.807, 2.05) is 0 Å². The van der Waals surface area contributed by atoms with Gasteiger partial charge in [-0.15, -0.1) is 0 Å². The zero-order chi connectivity index (χ0) is 12.9. The second kappa shape index (κ2) is 4.54. The first-order valence-corrected chi connectivity index (χ1v) is 7.45. The molecule has 0 amide bonds. The standard InChI is InChI=1S/C16H22ClN/c1-9-8-14(17)10(2)7-13(9)16(18-3)15-11-5-4-6-12(11)15/h7-8,11-12,15-16,18H,4-6H2,1-3H3. The molecule has 0 aliphatic heterocycles. The molecule has 0 aromatic heterocycles. The minimum absolute atomic E-state index is 0.524. The highest BCUT2D eigenvalue weighted by Gasteiger charge is 2.55. The molecule has 2 fully saturated rings. The normalized spacial score (nSPS) is 31.2. The number of aryl methyl sites for hydroxylation is 2. The first-order chi connectivity index (χ1) is 8.63. The average Bonchev–Trinajstić information content (AvgIpc) is 2.81. The van der Waals surface area contributed by atoms with Gasteiger partial charge in [0.1, 0.15) is 0 Å². The van der Waals surface area contributed by atoms with Crippen LogP contribution in [0.1, 0.15) is 42.0 Å². The van der Waals surface area contributed by atoms with Gasteiger partial charge in [0.25, 0.3) is 0 Å². The Bertz CT molecular complexity index is 458. The Morgan fingerprint density at radius 2 is 1.83 bits per heavy atom. The summed E-state index contributed by atoms with van der Waals surface area (Å²) in [4.78, 5) is 0. The van der Waals surface area contributed by atoms with Crippen LogP contribution in [-0.4, -0.2) is 7.05 Å². The molecule has 1 aromatic carbocycles. The molecular weight excluding hydrogens is 242 g/mol. The highest BCUT2D eigenvalue weighted by atomic mass is 35.5.